The highest BCUT2D eigenvalue weighted by Gasteiger charge is 2.32. The van der Waals surface area contributed by atoms with E-state index in [1.54, 1.807) is 0 Å². The van der Waals surface area contributed by atoms with Crippen LogP contribution in [-0.2, 0) is 5.60 Å². The Hall–Kier alpha value is -1.26. The Balaban J connectivity index is 2.47. The second-order valence-electron chi connectivity index (χ2n) is 3.99. The Bertz CT molecular complexity index is 508. The first-order chi connectivity index (χ1) is 8.06. The van der Waals surface area contributed by atoms with Crippen LogP contribution in [0.15, 0.2) is 30.5 Å². The van der Waals surface area contributed by atoms with Crippen molar-refractivity contribution in [2.45, 2.75) is 25.9 Å². The molecule has 1 unspecified atom stereocenters. The van der Waals surface area contributed by atoms with Crippen LogP contribution < -0.4 is 0 Å². The molecule has 1 N–H and O–H groups in total. The molecular formula is C13H14FNOS. The summed E-state index contributed by atoms with van der Waals surface area (Å²) >= 11 is 1.53. The summed E-state index contributed by atoms with van der Waals surface area (Å²) in [4.78, 5) is 5.97. The van der Waals surface area contributed by atoms with Gasteiger partial charge in [0.1, 0.15) is 11.4 Å². The summed E-state index contributed by atoms with van der Waals surface area (Å²) in [6.45, 7) is 3.88. The third kappa shape index (κ3) is 2.23. The summed E-state index contributed by atoms with van der Waals surface area (Å²) in [5.74, 6) is -0.394. The monoisotopic (exact) mass is 251 g/mol. The van der Waals surface area contributed by atoms with Crippen LogP contribution in [0.4, 0.5) is 4.39 Å². The summed E-state index contributed by atoms with van der Waals surface area (Å²) in [6.07, 6.45) is 1.64. The standard InChI is InChI=1S/C13H14FNOS/c1-3-13(16,12-7-4-9(2)17-12)11-6-5-10(14)8-15-11/h4-8,16H,3H2,1-2H3. The molecule has 0 fully saturated rings. The van der Waals surface area contributed by atoms with Crippen molar-refractivity contribution < 1.29 is 9.50 Å². The van der Waals surface area contributed by atoms with Crippen LogP contribution in [0.5, 0.6) is 0 Å². The molecule has 0 aromatic carbocycles. The lowest BCUT2D eigenvalue weighted by Gasteiger charge is -2.24. The molecule has 0 spiro atoms. The molecule has 0 saturated carbocycles. The first-order valence-corrected chi connectivity index (χ1v) is 6.29. The quantitative estimate of drug-likeness (QED) is 0.908. The lowest BCUT2D eigenvalue weighted by atomic mass is 9.94. The van der Waals surface area contributed by atoms with E-state index in [1.165, 1.54) is 23.5 Å². The number of nitrogens with zero attached hydrogens (tertiary/aromatic N) is 1. The van der Waals surface area contributed by atoms with Gasteiger partial charge < -0.3 is 5.11 Å². The minimum absolute atomic E-state index is 0.394. The molecule has 0 aliphatic rings. The molecule has 0 aliphatic heterocycles. The van der Waals surface area contributed by atoms with E-state index in [2.05, 4.69) is 4.98 Å². The maximum Gasteiger partial charge on any atom is 0.141 e. The van der Waals surface area contributed by atoms with Crippen molar-refractivity contribution in [1.82, 2.24) is 4.98 Å². The van der Waals surface area contributed by atoms with E-state index in [1.807, 2.05) is 26.0 Å². The zero-order valence-corrected chi connectivity index (χ0v) is 10.6. The van der Waals surface area contributed by atoms with E-state index in [0.717, 1.165) is 16.0 Å². The topological polar surface area (TPSA) is 33.1 Å². The molecule has 0 bridgehead atoms. The molecular weight excluding hydrogens is 237 g/mol. The lowest BCUT2D eigenvalue weighted by Crippen LogP contribution is -2.26. The number of hydrogen-bond donors (Lipinski definition) is 1. The molecule has 17 heavy (non-hydrogen) atoms. The van der Waals surface area contributed by atoms with Crippen LogP contribution in [0.25, 0.3) is 0 Å². The fourth-order valence-electron chi connectivity index (χ4n) is 1.76. The van der Waals surface area contributed by atoms with Gasteiger partial charge in [-0.05, 0) is 37.6 Å². The second-order valence-corrected chi connectivity index (χ2v) is 5.27. The SMILES string of the molecule is CCC(O)(c1ccc(F)cn1)c1ccc(C)s1. The van der Waals surface area contributed by atoms with Crippen molar-refractivity contribution in [1.29, 1.82) is 0 Å². The summed E-state index contributed by atoms with van der Waals surface area (Å²) in [5, 5.41) is 10.7. The number of pyridine rings is 1. The third-order valence-corrected chi connectivity index (χ3v) is 3.96. The molecule has 0 radical (unpaired) electrons. The second kappa shape index (κ2) is 4.55. The molecule has 2 heterocycles. The smallest absolute Gasteiger partial charge is 0.141 e. The number of halogens is 1. The van der Waals surface area contributed by atoms with Gasteiger partial charge in [-0.1, -0.05) is 6.92 Å². The average molecular weight is 251 g/mol. The molecule has 0 saturated heterocycles. The summed E-state index contributed by atoms with van der Waals surface area (Å²) in [5.41, 5.74) is -0.629. The summed E-state index contributed by atoms with van der Waals surface area (Å²) < 4.78 is 12.8. The average Bonchev–Trinajstić information content (AvgIpc) is 2.76. The zero-order valence-electron chi connectivity index (χ0n) is 9.77. The third-order valence-electron chi connectivity index (χ3n) is 2.81. The van der Waals surface area contributed by atoms with Crippen molar-refractivity contribution in [3.8, 4) is 0 Å². The van der Waals surface area contributed by atoms with Gasteiger partial charge >= 0.3 is 0 Å². The van der Waals surface area contributed by atoms with Crippen molar-refractivity contribution >= 4 is 11.3 Å². The normalized spacial score (nSPS) is 14.6. The molecule has 90 valence electrons. The van der Waals surface area contributed by atoms with Crippen LogP contribution in [0.3, 0.4) is 0 Å². The highest BCUT2D eigenvalue weighted by Crippen LogP contribution is 2.35. The Labute approximate surface area is 104 Å². The van der Waals surface area contributed by atoms with E-state index in [-0.39, 0.29) is 0 Å². The van der Waals surface area contributed by atoms with Gasteiger partial charge in [-0.15, -0.1) is 11.3 Å². The van der Waals surface area contributed by atoms with Gasteiger partial charge in [-0.25, -0.2) is 4.39 Å². The lowest BCUT2D eigenvalue weighted by molar-refractivity contribution is 0.0756. The van der Waals surface area contributed by atoms with Gasteiger partial charge in [-0.3, -0.25) is 4.98 Å². The van der Waals surface area contributed by atoms with Crippen LogP contribution in [0.2, 0.25) is 0 Å². The Morgan fingerprint density at radius 3 is 2.59 bits per heavy atom. The Kier molecular flexibility index (Phi) is 3.26. The molecule has 2 nitrogen and oxygen atoms in total. The van der Waals surface area contributed by atoms with Crippen LogP contribution >= 0.6 is 11.3 Å². The Morgan fingerprint density at radius 2 is 2.12 bits per heavy atom. The molecule has 2 rings (SSSR count). The molecule has 2 aromatic rings. The zero-order chi connectivity index (χ0) is 12.5. The van der Waals surface area contributed by atoms with Gasteiger partial charge in [0.05, 0.1) is 11.9 Å². The van der Waals surface area contributed by atoms with Gasteiger partial charge in [0.2, 0.25) is 0 Å². The van der Waals surface area contributed by atoms with E-state index in [0.29, 0.717) is 12.1 Å². The van der Waals surface area contributed by atoms with Crippen molar-refractivity contribution in [2.24, 2.45) is 0 Å². The molecule has 0 amide bonds. The van der Waals surface area contributed by atoms with Gasteiger partial charge in [0.15, 0.2) is 0 Å². The number of aliphatic hydroxyl groups is 1. The first kappa shape index (κ1) is 12.2. The number of rotatable bonds is 3. The highest BCUT2D eigenvalue weighted by atomic mass is 32.1. The van der Waals surface area contributed by atoms with Crippen molar-refractivity contribution in [3.63, 3.8) is 0 Å². The summed E-state index contributed by atoms with van der Waals surface area (Å²) in [7, 11) is 0. The molecule has 4 heteroatoms. The fourth-order valence-corrected chi connectivity index (χ4v) is 2.80. The van der Waals surface area contributed by atoms with Crippen LogP contribution in [0.1, 0.15) is 28.8 Å². The Morgan fingerprint density at radius 1 is 1.35 bits per heavy atom. The molecule has 2 aromatic heterocycles. The van der Waals surface area contributed by atoms with E-state index >= 15 is 0 Å². The number of hydrogen-bond acceptors (Lipinski definition) is 3. The largest absolute Gasteiger partial charge is 0.378 e. The maximum absolute atomic E-state index is 12.8. The first-order valence-electron chi connectivity index (χ1n) is 5.47. The summed E-state index contributed by atoms with van der Waals surface area (Å²) in [6, 6.07) is 6.72. The molecule has 1 atom stereocenters. The fraction of sp³-hybridized carbons (Fsp3) is 0.308. The van der Waals surface area contributed by atoms with Crippen molar-refractivity contribution in [3.05, 3.63) is 51.7 Å². The predicted molar refractivity (Wildman–Crippen MR) is 66.5 cm³/mol. The maximum atomic E-state index is 12.8. The van der Waals surface area contributed by atoms with E-state index in [9.17, 15) is 9.50 Å². The molecule has 0 aliphatic carbocycles. The van der Waals surface area contributed by atoms with Crippen LogP contribution in [0, 0.1) is 12.7 Å². The van der Waals surface area contributed by atoms with E-state index < -0.39 is 11.4 Å². The van der Waals surface area contributed by atoms with Crippen molar-refractivity contribution in [2.75, 3.05) is 0 Å². The number of thiophene rings is 1. The number of aromatic nitrogens is 1. The minimum atomic E-state index is -1.12. The van der Waals surface area contributed by atoms with Gasteiger partial charge in [0, 0.05) is 9.75 Å². The predicted octanol–water partition coefficient (Wildman–Crippen LogP) is 3.24. The van der Waals surface area contributed by atoms with Crippen LogP contribution in [-0.4, -0.2) is 10.1 Å². The highest BCUT2D eigenvalue weighted by molar-refractivity contribution is 7.12. The van der Waals surface area contributed by atoms with E-state index in [4.69, 9.17) is 0 Å². The minimum Gasteiger partial charge on any atom is -0.378 e. The van der Waals surface area contributed by atoms with Gasteiger partial charge in [-0.2, -0.15) is 0 Å². The number of aryl methyl sites for hydroxylation is 1. The van der Waals surface area contributed by atoms with Gasteiger partial charge in [0.25, 0.3) is 0 Å².